The van der Waals surface area contributed by atoms with E-state index in [0.29, 0.717) is 0 Å². The number of halogens is 1. The molecule has 1 aromatic rings. The molecule has 0 saturated heterocycles. The maximum absolute atomic E-state index is 13.3. The minimum atomic E-state index is -3.63. The number of nitrogens with two attached hydrogens (primary N) is 1. The molecule has 0 aliphatic carbocycles. The second-order valence-electron chi connectivity index (χ2n) is 3.45. The van der Waals surface area contributed by atoms with Gasteiger partial charge in [-0.05, 0) is 18.2 Å². The molecule has 1 aromatic carbocycles. The molecule has 0 atom stereocenters. The van der Waals surface area contributed by atoms with Crippen molar-refractivity contribution in [1.82, 2.24) is 4.31 Å². The van der Waals surface area contributed by atoms with Gasteiger partial charge in [-0.1, -0.05) is 12.2 Å². The fourth-order valence-corrected chi connectivity index (χ4v) is 1.78. The smallest absolute Gasteiger partial charge is 0.301 e. The molecule has 8 heteroatoms. The normalized spacial score (nSPS) is 11.5. The molecule has 5 nitrogen and oxygen atoms in total. The van der Waals surface area contributed by atoms with E-state index in [1.54, 1.807) is 0 Å². The number of hydrogen-bond acceptors (Lipinski definition) is 3. The fraction of sp³-hybridized carbons (Fsp3) is 0.222. The van der Waals surface area contributed by atoms with Crippen LogP contribution in [-0.4, -0.2) is 31.8 Å². The number of thiocarbonyl (C=S) groups is 1. The topological polar surface area (TPSA) is 75.4 Å². The monoisotopic (exact) mass is 277 g/mol. The first-order valence-electron chi connectivity index (χ1n) is 4.53. The molecule has 0 aliphatic heterocycles. The molecule has 0 amide bonds. The van der Waals surface area contributed by atoms with Gasteiger partial charge in [0, 0.05) is 19.7 Å². The van der Waals surface area contributed by atoms with Gasteiger partial charge in [0.1, 0.15) is 10.8 Å². The lowest BCUT2D eigenvalue weighted by Gasteiger charge is -2.14. The van der Waals surface area contributed by atoms with E-state index in [9.17, 15) is 12.8 Å². The molecule has 0 spiro atoms. The second-order valence-corrected chi connectivity index (χ2v) is 5.77. The second kappa shape index (κ2) is 4.94. The van der Waals surface area contributed by atoms with E-state index < -0.39 is 16.0 Å². The first-order valence-corrected chi connectivity index (χ1v) is 6.38. The molecule has 0 aromatic heterocycles. The van der Waals surface area contributed by atoms with Crippen molar-refractivity contribution >= 4 is 33.1 Å². The summed E-state index contributed by atoms with van der Waals surface area (Å²) >= 11 is 4.65. The number of anilines is 1. The van der Waals surface area contributed by atoms with Crippen LogP contribution in [0.2, 0.25) is 0 Å². The van der Waals surface area contributed by atoms with E-state index in [2.05, 4.69) is 16.9 Å². The molecule has 94 valence electrons. The Labute approximate surface area is 105 Å². The van der Waals surface area contributed by atoms with Crippen LogP contribution >= 0.6 is 12.2 Å². The first kappa shape index (κ1) is 13.8. The van der Waals surface area contributed by atoms with Crippen LogP contribution in [0.1, 0.15) is 5.56 Å². The summed E-state index contributed by atoms with van der Waals surface area (Å²) < 4.78 is 39.6. The molecular formula is C9H12FN3O2S2. The van der Waals surface area contributed by atoms with E-state index in [0.717, 1.165) is 10.4 Å². The van der Waals surface area contributed by atoms with Crippen molar-refractivity contribution in [2.75, 3.05) is 18.8 Å². The number of nitrogens with one attached hydrogen (secondary N) is 1. The summed E-state index contributed by atoms with van der Waals surface area (Å²) in [7, 11) is -0.879. The Hall–Kier alpha value is -1.25. The lowest BCUT2D eigenvalue weighted by molar-refractivity contribution is 0.527. The zero-order valence-corrected chi connectivity index (χ0v) is 10.9. The third kappa shape index (κ3) is 3.35. The molecule has 0 unspecified atom stereocenters. The summed E-state index contributed by atoms with van der Waals surface area (Å²) in [5.74, 6) is -0.592. The third-order valence-electron chi connectivity index (χ3n) is 1.96. The van der Waals surface area contributed by atoms with Crippen LogP contribution in [0.15, 0.2) is 18.2 Å². The summed E-state index contributed by atoms with van der Waals surface area (Å²) in [4.78, 5) is -0.131. The van der Waals surface area contributed by atoms with Gasteiger partial charge in [-0.2, -0.15) is 12.7 Å². The predicted octanol–water partition coefficient (Wildman–Crippen LogP) is 0.678. The summed E-state index contributed by atoms with van der Waals surface area (Å²) in [5, 5.41) is 0. The summed E-state index contributed by atoms with van der Waals surface area (Å²) in [5.41, 5.74) is 5.51. The van der Waals surface area contributed by atoms with Crippen LogP contribution in [0.4, 0.5) is 10.1 Å². The maximum Gasteiger partial charge on any atom is 0.301 e. The summed E-state index contributed by atoms with van der Waals surface area (Å²) in [6, 6.07) is 3.64. The molecule has 0 radical (unpaired) electrons. The lowest BCUT2D eigenvalue weighted by Crippen LogP contribution is -2.29. The zero-order chi connectivity index (χ0) is 13.2. The Balaban J connectivity index is 3.10. The van der Waals surface area contributed by atoms with Gasteiger partial charge in [-0.15, -0.1) is 0 Å². The molecule has 0 bridgehead atoms. The highest BCUT2D eigenvalue weighted by Gasteiger charge is 2.14. The van der Waals surface area contributed by atoms with Gasteiger partial charge in [0.25, 0.3) is 0 Å². The Morgan fingerprint density at radius 1 is 1.47 bits per heavy atom. The van der Waals surface area contributed by atoms with Crippen LogP contribution in [-0.2, 0) is 10.2 Å². The molecule has 0 heterocycles. The maximum atomic E-state index is 13.3. The van der Waals surface area contributed by atoms with Gasteiger partial charge < -0.3 is 5.73 Å². The highest BCUT2D eigenvalue weighted by Crippen LogP contribution is 2.16. The van der Waals surface area contributed by atoms with Crippen molar-refractivity contribution in [3.63, 3.8) is 0 Å². The molecule has 0 saturated carbocycles. The highest BCUT2D eigenvalue weighted by atomic mass is 32.2. The van der Waals surface area contributed by atoms with Crippen molar-refractivity contribution in [1.29, 1.82) is 0 Å². The third-order valence-corrected chi connectivity index (χ3v) is 3.63. The quantitative estimate of drug-likeness (QED) is 0.794. The number of rotatable bonds is 4. The molecule has 1 rings (SSSR count). The Morgan fingerprint density at radius 3 is 2.53 bits per heavy atom. The van der Waals surface area contributed by atoms with Crippen molar-refractivity contribution in [2.24, 2.45) is 5.73 Å². The number of benzene rings is 1. The SMILES string of the molecule is CN(C)S(=O)(=O)Nc1ccc(F)c(C(N)=S)c1. The van der Waals surface area contributed by atoms with E-state index in [1.807, 2.05) is 0 Å². The van der Waals surface area contributed by atoms with E-state index in [1.165, 1.54) is 26.2 Å². The highest BCUT2D eigenvalue weighted by molar-refractivity contribution is 7.90. The molecule has 0 fully saturated rings. The van der Waals surface area contributed by atoms with E-state index in [4.69, 9.17) is 5.73 Å². The minimum absolute atomic E-state index is 0.000967. The number of hydrogen-bond donors (Lipinski definition) is 2. The Bertz CT molecular complexity index is 543. The van der Waals surface area contributed by atoms with Gasteiger partial charge in [-0.3, -0.25) is 4.72 Å². The first-order chi connectivity index (χ1) is 7.74. The Morgan fingerprint density at radius 2 is 2.06 bits per heavy atom. The van der Waals surface area contributed by atoms with Gasteiger partial charge in [-0.25, -0.2) is 4.39 Å². The van der Waals surface area contributed by atoms with Crippen LogP contribution in [0.5, 0.6) is 0 Å². The van der Waals surface area contributed by atoms with Crippen LogP contribution < -0.4 is 10.5 Å². The van der Waals surface area contributed by atoms with E-state index in [-0.39, 0.29) is 16.2 Å². The largest absolute Gasteiger partial charge is 0.389 e. The zero-order valence-electron chi connectivity index (χ0n) is 9.27. The molecule has 17 heavy (non-hydrogen) atoms. The van der Waals surface area contributed by atoms with Crippen molar-refractivity contribution in [3.8, 4) is 0 Å². The summed E-state index contributed by atoms with van der Waals surface area (Å²) in [6.07, 6.45) is 0. The number of nitrogens with zero attached hydrogens (tertiary/aromatic N) is 1. The van der Waals surface area contributed by atoms with Gasteiger partial charge in [0.15, 0.2) is 0 Å². The van der Waals surface area contributed by atoms with Crippen LogP contribution in [0, 0.1) is 5.82 Å². The average molecular weight is 277 g/mol. The van der Waals surface area contributed by atoms with E-state index >= 15 is 0 Å². The molecular weight excluding hydrogens is 265 g/mol. The van der Waals surface area contributed by atoms with Crippen molar-refractivity contribution in [2.45, 2.75) is 0 Å². The van der Waals surface area contributed by atoms with Gasteiger partial charge in [0.2, 0.25) is 0 Å². The molecule has 3 N–H and O–H groups in total. The lowest BCUT2D eigenvalue weighted by atomic mass is 10.2. The standard InChI is InChI=1S/C9H12FN3O2S2/c1-13(2)17(14,15)12-6-3-4-8(10)7(5-6)9(11)16/h3-5,12H,1-2H3,(H2,11,16). The summed E-state index contributed by atoms with van der Waals surface area (Å²) in [6.45, 7) is 0. The van der Waals surface area contributed by atoms with Gasteiger partial charge in [0.05, 0.1) is 5.69 Å². The van der Waals surface area contributed by atoms with Gasteiger partial charge >= 0.3 is 10.2 Å². The van der Waals surface area contributed by atoms with Crippen molar-refractivity contribution < 1.29 is 12.8 Å². The minimum Gasteiger partial charge on any atom is -0.389 e. The van der Waals surface area contributed by atoms with Crippen molar-refractivity contribution in [3.05, 3.63) is 29.6 Å². The molecule has 0 aliphatic rings. The average Bonchev–Trinajstić information content (AvgIpc) is 2.20. The Kier molecular flexibility index (Phi) is 4.02. The van der Waals surface area contributed by atoms with Crippen LogP contribution in [0.25, 0.3) is 0 Å². The van der Waals surface area contributed by atoms with Crippen LogP contribution in [0.3, 0.4) is 0 Å². The fourth-order valence-electron chi connectivity index (χ4n) is 1.02. The predicted molar refractivity (Wildman–Crippen MR) is 68.5 cm³/mol.